The molecular weight excluding hydrogens is 224 g/mol. The number of hydrogen-bond acceptors (Lipinski definition) is 2. The average Bonchev–Trinajstić information content (AvgIpc) is 2.27. The molecule has 2 nitrogen and oxygen atoms in total. The smallest absolute Gasteiger partial charge is 0.305 e. The zero-order chi connectivity index (χ0) is 14.2. The summed E-state index contributed by atoms with van der Waals surface area (Å²) < 4.78 is 4.71. The number of hydrogen-bond donors (Lipinski definition) is 0. The van der Waals surface area contributed by atoms with Crippen LogP contribution in [0, 0.1) is 11.3 Å². The summed E-state index contributed by atoms with van der Waals surface area (Å²) in [4.78, 5) is 11.2. The van der Waals surface area contributed by atoms with Gasteiger partial charge in [-0.1, -0.05) is 31.6 Å². The summed E-state index contributed by atoms with van der Waals surface area (Å²) in [6.45, 7) is 12.5. The molecule has 2 atom stereocenters. The zero-order valence-electron chi connectivity index (χ0n) is 12.6. The van der Waals surface area contributed by atoms with Crippen LogP contribution in [-0.4, -0.2) is 13.1 Å². The molecule has 0 aliphatic rings. The van der Waals surface area contributed by atoms with Gasteiger partial charge < -0.3 is 4.74 Å². The molecule has 0 N–H and O–H groups in total. The fourth-order valence-corrected chi connectivity index (χ4v) is 2.21. The Labute approximate surface area is 112 Å². The van der Waals surface area contributed by atoms with Crippen molar-refractivity contribution in [2.45, 2.75) is 53.4 Å². The lowest BCUT2D eigenvalue weighted by molar-refractivity contribution is -0.141. The van der Waals surface area contributed by atoms with Crippen LogP contribution in [0.5, 0.6) is 0 Å². The van der Waals surface area contributed by atoms with Gasteiger partial charge in [0.2, 0.25) is 0 Å². The van der Waals surface area contributed by atoms with Gasteiger partial charge in [-0.15, -0.1) is 6.58 Å². The number of carbonyl (C=O) groups is 1. The van der Waals surface area contributed by atoms with Crippen LogP contribution in [-0.2, 0) is 9.53 Å². The summed E-state index contributed by atoms with van der Waals surface area (Å²) in [5.74, 6) is 0.199. The maximum atomic E-state index is 11.2. The first-order valence-electron chi connectivity index (χ1n) is 6.66. The molecule has 0 fully saturated rings. The van der Waals surface area contributed by atoms with Gasteiger partial charge >= 0.3 is 5.97 Å². The SMILES string of the molecule is C=CC(C)(CCC=C(C)C)CC(C)CC(=O)OC. The molecule has 18 heavy (non-hydrogen) atoms. The summed E-state index contributed by atoms with van der Waals surface area (Å²) in [5, 5.41) is 0. The monoisotopic (exact) mass is 252 g/mol. The van der Waals surface area contributed by atoms with Crippen molar-refractivity contribution in [1.82, 2.24) is 0 Å². The van der Waals surface area contributed by atoms with Gasteiger partial charge in [0.05, 0.1) is 7.11 Å². The van der Waals surface area contributed by atoms with Gasteiger partial charge in [0.25, 0.3) is 0 Å². The predicted octanol–water partition coefficient (Wildman–Crippen LogP) is 4.51. The molecule has 0 aromatic carbocycles. The second kappa shape index (κ2) is 8.12. The molecule has 0 heterocycles. The highest BCUT2D eigenvalue weighted by Crippen LogP contribution is 2.34. The lowest BCUT2D eigenvalue weighted by Crippen LogP contribution is -2.19. The number of esters is 1. The maximum absolute atomic E-state index is 11.2. The third-order valence-electron chi connectivity index (χ3n) is 3.32. The van der Waals surface area contributed by atoms with E-state index in [0.717, 1.165) is 19.3 Å². The van der Waals surface area contributed by atoms with E-state index in [1.165, 1.54) is 12.7 Å². The minimum atomic E-state index is -0.127. The molecule has 2 unspecified atom stereocenters. The van der Waals surface area contributed by atoms with Crippen LogP contribution in [0.1, 0.15) is 53.4 Å². The predicted molar refractivity (Wildman–Crippen MR) is 77.4 cm³/mol. The molecule has 0 spiro atoms. The van der Waals surface area contributed by atoms with Crippen LogP contribution < -0.4 is 0 Å². The van der Waals surface area contributed by atoms with Gasteiger partial charge in [-0.3, -0.25) is 4.79 Å². The Morgan fingerprint density at radius 2 is 2.06 bits per heavy atom. The van der Waals surface area contributed by atoms with Crippen LogP contribution in [0.4, 0.5) is 0 Å². The van der Waals surface area contributed by atoms with Gasteiger partial charge in [0, 0.05) is 6.42 Å². The molecule has 0 bridgehead atoms. The van der Waals surface area contributed by atoms with Crippen LogP contribution in [0.2, 0.25) is 0 Å². The van der Waals surface area contributed by atoms with Gasteiger partial charge in [-0.25, -0.2) is 0 Å². The normalized spacial score (nSPS) is 15.4. The van der Waals surface area contributed by atoms with Crippen molar-refractivity contribution in [2.24, 2.45) is 11.3 Å². The van der Waals surface area contributed by atoms with Gasteiger partial charge in [-0.05, 0) is 44.4 Å². The van der Waals surface area contributed by atoms with Crippen LogP contribution in [0.25, 0.3) is 0 Å². The number of methoxy groups -OCH3 is 1. The Balaban J connectivity index is 4.33. The first-order chi connectivity index (χ1) is 8.33. The second-order valence-corrected chi connectivity index (χ2v) is 5.77. The van der Waals surface area contributed by atoms with Crippen molar-refractivity contribution in [3.8, 4) is 0 Å². The Bertz CT molecular complexity index is 300. The van der Waals surface area contributed by atoms with Gasteiger partial charge in [0.15, 0.2) is 0 Å². The summed E-state index contributed by atoms with van der Waals surface area (Å²) in [5.41, 5.74) is 1.45. The van der Waals surface area contributed by atoms with Crippen molar-refractivity contribution in [2.75, 3.05) is 7.11 Å². The maximum Gasteiger partial charge on any atom is 0.305 e. The second-order valence-electron chi connectivity index (χ2n) is 5.77. The van der Waals surface area contributed by atoms with E-state index in [2.05, 4.69) is 40.3 Å². The molecule has 0 aliphatic heterocycles. The Kier molecular flexibility index (Phi) is 7.65. The minimum Gasteiger partial charge on any atom is -0.469 e. The summed E-state index contributed by atoms with van der Waals surface area (Å²) in [6.07, 6.45) is 7.89. The fourth-order valence-electron chi connectivity index (χ4n) is 2.21. The number of carbonyl (C=O) groups excluding carboxylic acids is 1. The largest absolute Gasteiger partial charge is 0.469 e. The lowest BCUT2D eigenvalue weighted by atomic mass is 9.77. The zero-order valence-corrected chi connectivity index (χ0v) is 12.6. The molecular formula is C16H28O2. The third kappa shape index (κ3) is 7.31. The molecule has 2 heteroatoms. The minimum absolute atomic E-state index is 0.0966. The van der Waals surface area contributed by atoms with Crippen molar-refractivity contribution >= 4 is 5.97 Å². The molecule has 0 aromatic heterocycles. The first kappa shape index (κ1) is 16.9. The van der Waals surface area contributed by atoms with E-state index in [0.29, 0.717) is 12.3 Å². The first-order valence-corrected chi connectivity index (χ1v) is 6.66. The summed E-state index contributed by atoms with van der Waals surface area (Å²) in [7, 11) is 1.44. The molecule has 0 aliphatic carbocycles. The number of ether oxygens (including phenoxy) is 1. The van der Waals surface area contributed by atoms with E-state index in [-0.39, 0.29) is 11.4 Å². The number of allylic oxidation sites excluding steroid dienone is 3. The lowest BCUT2D eigenvalue weighted by Gasteiger charge is -2.28. The van der Waals surface area contributed by atoms with Crippen LogP contribution in [0.3, 0.4) is 0 Å². The van der Waals surface area contributed by atoms with Gasteiger partial charge in [0.1, 0.15) is 0 Å². The van der Waals surface area contributed by atoms with Crippen molar-refractivity contribution in [1.29, 1.82) is 0 Å². The van der Waals surface area contributed by atoms with Crippen molar-refractivity contribution in [3.05, 3.63) is 24.3 Å². The van der Waals surface area contributed by atoms with Crippen molar-refractivity contribution in [3.63, 3.8) is 0 Å². The van der Waals surface area contributed by atoms with E-state index in [9.17, 15) is 4.79 Å². The highest BCUT2D eigenvalue weighted by Gasteiger charge is 2.23. The van der Waals surface area contributed by atoms with E-state index in [1.807, 2.05) is 6.08 Å². The highest BCUT2D eigenvalue weighted by molar-refractivity contribution is 5.69. The number of rotatable bonds is 8. The average molecular weight is 252 g/mol. The quantitative estimate of drug-likeness (QED) is 0.469. The molecule has 104 valence electrons. The Morgan fingerprint density at radius 1 is 1.44 bits per heavy atom. The molecule has 0 aromatic rings. The van der Waals surface area contributed by atoms with Crippen molar-refractivity contribution < 1.29 is 9.53 Å². The topological polar surface area (TPSA) is 26.3 Å². The molecule has 0 rings (SSSR count). The molecule has 0 amide bonds. The summed E-state index contributed by atoms with van der Waals surface area (Å²) in [6, 6.07) is 0. The molecule has 0 radical (unpaired) electrons. The Morgan fingerprint density at radius 3 is 2.50 bits per heavy atom. The Hall–Kier alpha value is -1.05. The molecule has 0 saturated heterocycles. The van der Waals surface area contributed by atoms with Crippen LogP contribution in [0.15, 0.2) is 24.3 Å². The third-order valence-corrected chi connectivity index (χ3v) is 3.32. The van der Waals surface area contributed by atoms with E-state index in [4.69, 9.17) is 4.74 Å². The van der Waals surface area contributed by atoms with Gasteiger partial charge in [-0.2, -0.15) is 0 Å². The van der Waals surface area contributed by atoms with E-state index in [1.54, 1.807) is 0 Å². The van der Waals surface area contributed by atoms with E-state index < -0.39 is 0 Å². The standard InChI is InChI=1S/C16H28O2/c1-7-16(5,10-8-9-13(2)3)12-14(4)11-15(17)18-6/h7,9,14H,1,8,10-12H2,2-6H3. The molecule has 0 saturated carbocycles. The van der Waals surface area contributed by atoms with Crippen LogP contribution >= 0.6 is 0 Å². The summed E-state index contributed by atoms with van der Waals surface area (Å²) >= 11 is 0. The highest BCUT2D eigenvalue weighted by atomic mass is 16.5. The van der Waals surface area contributed by atoms with E-state index >= 15 is 0 Å². The fraction of sp³-hybridized carbons (Fsp3) is 0.688.